The third-order valence-corrected chi connectivity index (χ3v) is 9.86. The molecule has 5 N–H and O–H groups in total. The van der Waals surface area contributed by atoms with Gasteiger partial charge in [0.2, 0.25) is 20.0 Å². The lowest BCUT2D eigenvalue weighted by atomic mass is 10.1. The molecule has 0 aliphatic heterocycles. The topological polar surface area (TPSA) is 241 Å². The van der Waals surface area contributed by atoms with E-state index in [1.54, 1.807) is 49.4 Å². The van der Waals surface area contributed by atoms with Crippen LogP contribution >= 0.6 is 0 Å². The minimum Gasteiger partial charge on any atom is -0.423 e. The van der Waals surface area contributed by atoms with Gasteiger partial charge in [-0.05, 0) is 42.7 Å². The fraction of sp³-hybridized carbons (Fsp3) is 0.179. The highest BCUT2D eigenvalue weighted by Crippen LogP contribution is 2.26. The normalized spacial score (nSPS) is 11.4. The second kappa shape index (κ2) is 17.6. The summed E-state index contributed by atoms with van der Waals surface area (Å²) in [7, 11) is -6.85. The van der Waals surface area contributed by atoms with Crippen LogP contribution in [-0.4, -0.2) is 64.0 Å². The zero-order valence-corrected chi connectivity index (χ0v) is 33.9. The van der Waals surface area contributed by atoms with Crippen molar-refractivity contribution in [1.29, 1.82) is 0 Å². The number of pyridine rings is 2. The number of aromatic nitrogens is 6. The SMILES string of the molecule is Cc1ncnc2c1c(NCc1ccccc1NS(C)(=O)=O)cc(=O)n2O.Cc1ncnc2c1c(NCc1ccccc1NS(C)(=O)=O)cc(=O)n2OCc1ccccc1. The number of para-hydroxylation sites is 2. The van der Waals surface area contributed by atoms with E-state index in [2.05, 4.69) is 40.0 Å². The molecule has 0 atom stereocenters. The Balaban J connectivity index is 0.000000204. The Morgan fingerprint density at radius 2 is 1.07 bits per heavy atom. The van der Waals surface area contributed by atoms with Gasteiger partial charge in [0.05, 0.1) is 57.4 Å². The first-order chi connectivity index (χ1) is 28.1. The molecule has 0 fully saturated rings. The molecule has 0 unspecified atom stereocenters. The summed E-state index contributed by atoms with van der Waals surface area (Å²) in [5.74, 6) is 0. The molecule has 0 radical (unpaired) electrons. The molecule has 7 rings (SSSR count). The fourth-order valence-corrected chi connectivity index (χ4v) is 7.23. The van der Waals surface area contributed by atoms with Crippen molar-refractivity contribution in [3.63, 3.8) is 0 Å². The highest BCUT2D eigenvalue weighted by Gasteiger charge is 2.16. The molecule has 0 bridgehead atoms. The quantitative estimate of drug-likeness (QED) is 0.103. The van der Waals surface area contributed by atoms with Crippen molar-refractivity contribution in [2.75, 3.05) is 32.6 Å². The van der Waals surface area contributed by atoms with Gasteiger partial charge < -0.3 is 20.7 Å². The van der Waals surface area contributed by atoms with Crippen molar-refractivity contribution in [3.05, 3.63) is 152 Å². The van der Waals surface area contributed by atoms with Crippen LogP contribution in [0, 0.1) is 13.8 Å². The smallest absolute Gasteiger partial charge is 0.287 e. The van der Waals surface area contributed by atoms with Crippen LogP contribution in [0.25, 0.3) is 22.1 Å². The van der Waals surface area contributed by atoms with E-state index in [9.17, 15) is 31.6 Å². The van der Waals surface area contributed by atoms with Crippen molar-refractivity contribution in [1.82, 2.24) is 29.4 Å². The third kappa shape index (κ3) is 10.5. The molecule has 0 aliphatic carbocycles. The number of rotatable bonds is 13. The molecule has 3 aromatic carbocycles. The molecule has 306 valence electrons. The van der Waals surface area contributed by atoms with Crippen LogP contribution in [0.3, 0.4) is 0 Å². The monoisotopic (exact) mass is 840 g/mol. The van der Waals surface area contributed by atoms with Gasteiger partial charge in [-0.25, -0.2) is 36.8 Å². The Labute approximate surface area is 338 Å². The molecule has 0 aliphatic rings. The van der Waals surface area contributed by atoms with Crippen molar-refractivity contribution >= 4 is 64.9 Å². The Morgan fingerprint density at radius 1 is 0.610 bits per heavy atom. The molecule has 0 spiro atoms. The lowest BCUT2D eigenvalue weighted by Crippen LogP contribution is -2.28. The summed E-state index contributed by atoms with van der Waals surface area (Å²) in [6, 6.07) is 26.1. The lowest BCUT2D eigenvalue weighted by Gasteiger charge is -2.16. The third-order valence-electron chi connectivity index (χ3n) is 8.68. The number of fused-ring (bicyclic) bond motifs is 2. The molecular formula is C39H40N10O8S2. The number of aryl methyl sites for hydroxylation is 2. The molecule has 4 aromatic heterocycles. The fourth-order valence-electron chi connectivity index (χ4n) is 6.03. The summed E-state index contributed by atoms with van der Waals surface area (Å²) in [5, 5.41) is 17.3. The van der Waals surface area contributed by atoms with E-state index < -0.39 is 25.6 Å². The van der Waals surface area contributed by atoms with Gasteiger partial charge in [-0.15, -0.1) is 9.46 Å². The van der Waals surface area contributed by atoms with Gasteiger partial charge in [-0.3, -0.25) is 19.0 Å². The summed E-state index contributed by atoms with van der Waals surface area (Å²) < 4.78 is 53.0. The van der Waals surface area contributed by atoms with Crippen molar-refractivity contribution in [2.24, 2.45) is 0 Å². The molecule has 0 saturated heterocycles. The van der Waals surface area contributed by atoms with E-state index in [1.807, 2.05) is 43.3 Å². The lowest BCUT2D eigenvalue weighted by molar-refractivity contribution is 0.0979. The molecule has 18 nitrogen and oxygen atoms in total. The summed E-state index contributed by atoms with van der Waals surface area (Å²) >= 11 is 0. The number of hydrogen-bond donors (Lipinski definition) is 5. The predicted octanol–water partition coefficient (Wildman–Crippen LogP) is 4.03. The Hall–Kier alpha value is -7.06. The number of anilines is 4. The van der Waals surface area contributed by atoms with Gasteiger partial charge >= 0.3 is 0 Å². The molecule has 20 heteroatoms. The van der Waals surface area contributed by atoms with Gasteiger partial charge in [-0.2, -0.15) is 0 Å². The van der Waals surface area contributed by atoms with E-state index >= 15 is 0 Å². The molecule has 59 heavy (non-hydrogen) atoms. The molecule has 0 saturated carbocycles. The predicted molar refractivity (Wildman–Crippen MR) is 225 cm³/mol. The van der Waals surface area contributed by atoms with Crippen LogP contribution in [0.15, 0.2) is 113 Å². The van der Waals surface area contributed by atoms with Crippen molar-refractivity contribution in [3.8, 4) is 0 Å². The maximum Gasteiger partial charge on any atom is 0.287 e. The van der Waals surface area contributed by atoms with Crippen molar-refractivity contribution < 1.29 is 26.9 Å². The number of benzene rings is 3. The second-order valence-electron chi connectivity index (χ2n) is 13.2. The highest BCUT2D eigenvalue weighted by atomic mass is 32.2. The summed E-state index contributed by atoms with van der Waals surface area (Å²) in [6.07, 6.45) is 4.82. The number of hydrogen-bond acceptors (Lipinski definition) is 14. The average molecular weight is 841 g/mol. The zero-order valence-electron chi connectivity index (χ0n) is 32.2. The van der Waals surface area contributed by atoms with Crippen LogP contribution < -0.4 is 36.0 Å². The minimum atomic E-state index is -3.43. The van der Waals surface area contributed by atoms with Gasteiger partial charge in [0.25, 0.3) is 11.1 Å². The molecule has 0 amide bonds. The summed E-state index contributed by atoms with van der Waals surface area (Å²) in [4.78, 5) is 47.2. The van der Waals surface area contributed by atoms with Crippen LogP contribution in [0.2, 0.25) is 0 Å². The molecular weight excluding hydrogens is 801 g/mol. The number of nitrogens with one attached hydrogen (secondary N) is 4. The first-order valence-corrected chi connectivity index (χ1v) is 21.6. The van der Waals surface area contributed by atoms with Crippen LogP contribution in [0.5, 0.6) is 0 Å². The minimum absolute atomic E-state index is 0.0926. The van der Waals surface area contributed by atoms with Crippen molar-refractivity contribution in [2.45, 2.75) is 33.5 Å². The van der Waals surface area contributed by atoms with E-state index in [4.69, 9.17) is 4.84 Å². The van der Waals surface area contributed by atoms with Gasteiger partial charge in [0.1, 0.15) is 19.3 Å². The zero-order chi connectivity index (χ0) is 42.3. The summed E-state index contributed by atoms with van der Waals surface area (Å²) in [6.45, 7) is 4.28. The Morgan fingerprint density at radius 3 is 1.59 bits per heavy atom. The standard InChI is InChI=1S/C23H23N5O4S.C16H17N5O4S/c1-16-22-20(24-13-18-10-6-7-11-19(18)27-33(2,30)31)12-21(29)28(23(22)26-15-25-16)32-14-17-8-4-3-5-9-17;1-10-15-13(7-14(22)21(23)16(15)19-9-18-10)17-8-11-5-3-4-6-12(11)20-26(2,24)25/h3-12,15,24,27H,13-14H2,1-2H3;3-7,9,17,20,23H,8H2,1-2H3. The van der Waals surface area contributed by atoms with E-state index in [0.717, 1.165) is 23.6 Å². The van der Waals surface area contributed by atoms with E-state index in [1.165, 1.54) is 29.5 Å². The van der Waals surface area contributed by atoms with E-state index in [0.29, 0.717) is 60.9 Å². The number of nitrogens with zero attached hydrogens (tertiary/aromatic N) is 6. The van der Waals surface area contributed by atoms with Gasteiger partial charge in [0, 0.05) is 25.2 Å². The maximum absolute atomic E-state index is 12.9. The second-order valence-corrected chi connectivity index (χ2v) is 16.7. The van der Waals surface area contributed by atoms with E-state index in [-0.39, 0.29) is 30.9 Å². The molecule has 7 aromatic rings. The Bertz CT molecular complexity index is 3000. The largest absolute Gasteiger partial charge is 0.423 e. The first kappa shape index (κ1) is 41.6. The first-order valence-electron chi connectivity index (χ1n) is 17.8. The van der Waals surface area contributed by atoms with Gasteiger partial charge in [-0.1, -0.05) is 66.7 Å². The van der Waals surface area contributed by atoms with Crippen LogP contribution in [0.1, 0.15) is 28.1 Å². The molecule has 4 heterocycles. The van der Waals surface area contributed by atoms with Gasteiger partial charge in [0.15, 0.2) is 11.3 Å². The Kier molecular flexibility index (Phi) is 12.4. The van der Waals surface area contributed by atoms with Crippen LogP contribution in [0.4, 0.5) is 22.7 Å². The average Bonchev–Trinajstić information content (AvgIpc) is 3.18. The maximum atomic E-state index is 12.9. The number of sulfonamides is 2. The highest BCUT2D eigenvalue weighted by molar-refractivity contribution is 7.92. The van der Waals surface area contributed by atoms with Crippen LogP contribution in [-0.2, 0) is 39.7 Å². The summed E-state index contributed by atoms with van der Waals surface area (Å²) in [5.41, 5.74) is 4.87.